The minimum atomic E-state index is 0.0661. The number of fused-ring (bicyclic) bond motifs is 1. The number of hydrogen-bond donors (Lipinski definition) is 1. The van der Waals surface area contributed by atoms with Gasteiger partial charge in [0.25, 0.3) is 0 Å². The number of rotatable bonds is 1. The highest BCUT2D eigenvalue weighted by molar-refractivity contribution is 5.82. The van der Waals surface area contributed by atoms with Crippen LogP contribution < -0.4 is 5.32 Å². The van der Waals surface area contributed by atoms with E-state index in [1.165, 1.54) is 38.6 Å². The molecule has 3 fully saturated rings. The molecule has 4 nitrogen and oxygen atoms in total. The third kappa shape index (κ3) is 2.86. The van der Waals surface area contributed by atoms with E-state index in [9.17, 15) is 4.79 Å². The van der Waals surface area contributed by atoms with Crippen molar-refractivity contribution in [2.24, 2.45) is 0 Å². The van der Waals surface area contributed by atoms with Gasteiger partial charge in [-0.1, -0.05) is 6.42 Å². The van der Waals surface area contributed by atoms with Crippen LogP contribution in [0.2, 0.25) is 0 Å². The van der Waals surface area contributed by atoms with Gasteiger partial charge in [-0.05, 0) is 52.5 Å². The Kier molecular flexibility index (Phi) is 4.32. The molecule has 0 aliphatic carbocycles. The predicted molar refractivity (Wildman–Crippen MR) is 80.6 cm³/mol. The lowest BCUT2D eigenvalue weighted by molar-refractivity contribution is -0.141. The van der Waals surface area contributed by atoms with Crippen molar-refractivity contribution in [2.45, 2.75) is 76.5 Å². The van der Waals surface area contributed by atoms with Crippen LogP contribution in [0.4, 0.5) is 0 Å². The maximum absolute atomic E-state index is 12.8. The van der Waals surface area contributed by atoms with Gasteiger partial charge in [-0.2, -0.15) is 0 Å². The average molecular weight is 279 g/mol. The molecule has 4 unspecified atom stereocenters. The Labute approximate surface area is 122 Å². The molecule has 3 saturated heterocycles. The summed E-state index contributed by atoms with van der Waals surface area (Å²) in [5.41, 5.74) is 0. The van der Waals surface area contributed by atoms with Gasteiger partial charge >= 0.3 is 0 Å². The average Bonchev–Trinajstić information content (AvgIpc) is 2.46. The Balaban J connectivity index is 1.64. The second-order valence-corrected chi connectivity index (χ2v) is 7.04. The van der Waals surface area contributed by atoms with E-state index >= 15 is 0 Å². The van der Waals surface area contributed by atoms with Gasteiger partial charge in [0.1, 0.15) is 0 Å². The molecule has 0 aromatic carbocycles. The lowest BCUT2D eigenvalue weighted by Crippen LogP contribution is -2.63. The van der Waals surface area contributed by atoms with E-state index in [4.69, 9.17) is 0 Å². The van der Waals surface area contributed by atoms with Crippen molar-refractivity contribution in [2.75, 3.05) is 19.6 Å². The summed E-state index contributed by atoms with van der Waals surface area (Å²) in [7, 11) is 0. The normalized spacial score (nSPS) is 39.4. The lowest BCUT2D eigenvalue weighted by atomic mass is 9.94. The third-order valence-electron chi connectivity index (χ3n) is 5.38. The number of carbonyl (C=O) groups excluding carboxylic acids is 1. The highest BCUT2D eigenvalue weighted by atomic mass is 16.2. The molecule has 0 radical (unpaired) electrons. The van der Waals surface area contributed by atoms with Crippen molar-refractivity contribution < 1.29 is 4.79 Å². The number of piperazine rings is 1. The SMILES string of the molecule is CC1CCCC(C(=O)N2CC3CCCCN3CC2C)N1. The number of nitrogens with zero attached hydrogens (tertiary/aromatic N) is 2. The molecule has 0 saturated carbocycles. The zero-order valence-corrected chi connectivity index (χ0v) is 13.0. The topological polar surface area (TPSA) is 35.6 Å². The van der Waals surface area contributed by atoms with Crippen LogP contribution in [0.3, 0.4) is 0 Å². The number of piperidine rings is 2. The monoisotopic (exact) mass is 279 g/mol. The van der Waals surface area contributed by atoms with E-state index in [2.05, 4.69) is 29.0 Å². The molecule has 20 heavy (non-hydrogen) atoms. The molecule has 0 aromatic rings. The molecule has 1 N–H and O–H groups in total. The fourth-order valence-corrected chi connectivity index (χ4v) is 4.19. The van der Waals surface area contributed by atoms with Crippen LogP contribution in [-0.2, 0) is 4.79 Å². The van der Waals surface area contributed by atoms with E-state index in [1.807, 2.05) is 0 Å². The molecular formula is C16H29N3O. The second kappa shape index (κ2) is 6.02. The summed E-state index contributed by atoms with van der Waals surface area (Å²) in [4.78, 5) is 17.6. The Morgan fingerprint density at radius 1 is 1.05 bits per heavy atom. The van der Waals surface area contributed by atoms with Crippen molar-refractivity contribution in [1.82, 2.24) is 15.1 Å². The second-order valence-electron chi connectivity index (χ2n) is 7.04. The largest absolute Gasteiger partial charge is 0.336 e. The molecule has 3 aliphatic rings. The van der Waals surface area contributed by atoms with Gasteiger partial charge in [0.2, 0.25) is 5.91 Å². The standard InChI is InChI=1S/C16H29N3O/c1-12-6-5-8-15(17-12)16(20)19-11-14-7-3-4-9-18(14)10-13(19)2/h12-15,17H,3-11H2,1-2H3. The summed E-state index contributed by atoms with van der Waals surface area (Å²) >= 11 is 0. The highest BCUT2D eigenvalue weighted by Crippen LogP contribution is 2.25. The molecule has 0 bridgehead atoms. The predicted octanol–water partition coefficient (Wildman–Crippen LogP) is 1.60. The fourth-order valence-electron chi connectivity index (χ4n) is 4.19. The Hall–Kier alpha value is -0.610. The molecular weight excluding hydrogens is 250 g/mol. The first kappa shape index (κ1) is 14.3. The Bertz CT molecular complexity index is 360. The molecule has 3 rings (SSSR count). The minimum absolute atomic E-state index is 0.0661. The van der Waals surface area contributed by atoms with Crippen molar-refractivity contribution in [3.8, 4) is 0 Å². The summed E-state index contributed by atoms with van der Waals surface area (Å²) in [6, 6.07) is 1.54. The van der Waals surface area contributed by atoms with Crippen molar-refractivity contribution in [1.29, 1.82) is 0 Å². The van der Waals surface area contributed by atoms with E-state index in [0.29, 0.717) is 24.0 Å². The molecule has 114 valence electrons. The number of hydrogen-bond acceptors (Lipinski definition) is 3. The first-order valence-electron chi connectivity index (χ1n) is 8.45. The van der Waals surface area contributed by atoms with Crippen molar-refractivity contribution in [3.05, 3.63) is 0 Å². The zero-order chi connectivity index (χ0) is 14.1. The smallest absolute Gasteiger partial charge is 0.240 e. The molecule has 3 aliphatic heterocycles. The summed E-state index contributed by atoms with van der Waals surface area (Å²) in [6.07, 6.45) is 7.33. The van der Waals surface area contributed by atoms with Gasteiger partial charge < -0.3 is 10.2 Å². The third-order valence-corrected chi connectivity index (χ3v) is 5.38. The number of carbonyl (C=O) groups is 1. The van der Waals surface area contributed by atoms with E-state index in [1.54, 1.807) is 0 Å². The number of nitrogens with one attached hydrogen (secondary N) is 1. The van der Waals surface area contributed by atoms with Crippen molar-refractivity contribution >= 4 is 5.91 Å². The maximum Gasteiger partial charge on any atom is 0.240 e. The first-order valence-corrected chi connectivity index (χ1v) is 8.45. The van der Waals surface area contributed by atoms with E-state index < -0.39 is 0 Å². The fraction of sp³-hybridized carbons (Fsp3) is 0.938. The molecule has 0 aromatic heterocycles. The molecule has 1 amide bonds. The van der Waals surface area contributed by atoms with Crippen LogP contribution in [0.15, 0.2) is 0 Å². The Morgan fingerprint density at radius 3 is 2.70 bits per heavy atom. The van der Waals surface area contributed by atoms with Crippen molar-refractivity contribution in [3.63, 3.8) is 0 Å². The highest BCUT2D eigenvalue weighted by Gasteiger charge is 2.38. The minimum Gasteiger partial charge on any atom is -0.336 e. The Morgan fingerprint density at radius 2 is 1.90 bits per heavy atom. The molecule has 4 atom stereocenters. The van der Waals surface area contributed by atoms with Crippen LogP contribution in [0.25, 0.3) is 0 Å². The number of amides is 1. The van der Waals surface area contributed by atoms with Gasteiger partial charge in [0.15, 0.2) is 0 Å². The van der Waals surface area contributed by atoms with Gasteiger partial charge in [0.05, 0.1) is 6.04 Å². The molecule has 3 heterocycles. The van der Waals surface area contributed by atoms with Crippen LogP contribution in [0, 0.1) is 0 Å². The van der Waals surface area contributed by atoms with Gasteiger partial charge in [-0.25, -0.2) is 0 Å². The quantitative estimate of drug-likeness (QED) is 0.792. The first-order chi connectivity index (χ1) is 9.65. The van der Waals surface area contributed by atoms with Crippen LogP contribution in [-0.4, -0.2) is 59.5 Å². The van der Waals surface area contributed by atoms with Crippen LogP contribution in [0.1, 0.15) is 52.4 Å². The van der Waals surface area contributed by atoms with Gasteiger partial charge in [-0.15, -0.1) is 0 Å². The van der Waals surface area contributed by atoms with Crippen LogP contribution >= 0.6 is 0 Å². The molecule has 0 spiro atoms. The summed E-state index contributed by atoms with van der Waals surface area (Å²) in [6.45, 7) is 7.66. The molecule has 4 heteroatoms. The maximum atomic E-state index is 12.8. The van der Waals surface area contributed by atoms with Crippen LogP contribution in [0.5, 0.6) is 0 Å². The van der Waals surface area contributed by atoms with E-state index in [-0.39, 0.29) is 6.04 Å². The lowest BCUT2D eigenvalue weighted by Gasteiger charge is -2.48. The summed E-state index contributed by atoms with van der Waals surface area (Å²) in [5.74, 6) is 0.356. The summed E-state index contributed by atoms with van der Waals surface area (Å²) in [5, 5.41) is 3.50. The summed E-state index contributed by atoms with van der Waals surface area (Å²) < 4.78 is 0. The van der Waals surface area contributed by atoms with Gasteiger partial charge in [0, 0.05) is 31.2 Å². The van der Waals surface area contributed by atoms with Gasteiger partial charge in [-0.3, -0.25) is 9.69 Å². The zero-order valence-electron chi connectivity index (χ0n) is 13.0. The van der Waals surface area contributed by atoms with E-state index in [0.717, 1.165) is 19.5 Å².